The Bertz CT molecular complexity index is 743. The van der Waals surface area contributed by atoms with Gasteiger partial charge in [0.15, 0.2) is 5.84 Å². The second kappa shape index (κ2) is 7.33. The lowest BCUT2D eigenvalue weighted by molar-refractivity contribution is -0.144. The quantitative estimate of drug-likeness (QED) is 0.609. The van der Waals surface area contributed by atoms with E-state index in [0.717, 1.165) is 17.7 Å². The monoisotopic (exact) mass is 360 g/mol. The Morgan fingerprint density at radius 3 is 2.73 bits per heavy atom. The predicted octanol–water partition coefficient (Wildman–Crippen LogP) is 1.39. The fourth-order valence-electron chi connectivity index (χ4n) is 3.37. The number of aryl methyl sites for hydroxylation is 1. The molecule has 1 aromatic carbocycles. The molecule has 0 radical (unpaired) electrons. The van der Waals surface area contributed by atoms with Crippen molar-refractivity contribution in [2.24, 2.45) is 16.3 Å². The molecule has 8 heteroatoms. The minimum absolute atomic E-state index is 0.323. The highest BCUT2D eigenvalue weighted by molar-refractivity contribution is 6.11. The SMILES string of the molecule is CON=C1COCCN1c1ccc(NC(=O)C2(C(N)=O)CCC2)cc1C. The number of amidine groups is 1. The Balaban J connectivity index is 1.78. The minimum Gasteiger partial charge on any atom is -0.398 e. The topological polar surface area (TPSA) is 106 Å². The Hall–Kier alpha value is -2.61. The number of nitrogens with two attached hydrogens (primary N) is 1. The van der Waals surface area contributed by atoms with E-state index in [4.69, 9.17) is 15.3 Å². The highest BCUT2D eigenvalue weighted by Gasteiger charge is 2.49. The normalized spacial score (nSPS) is 20.4. The Morgan fingerprint density at radius 2 is 2.15 bits per heavy atom. The summed E-state index contributed by atoms with van der Waals surface area (Å²) in [5.74, 6) is -0.180. The van der Waals surface area contributed by atoms with E-state index in [1.807, 2.05) is 30.0 Å². The van der Waals surface area contributed by atoms with Gasteiger partial charge in [0.25, 0.3) is 0 Å². The number of anilines is 2. The van der Waals surface area contributed by atoms with Crippen LogP contribution >= 0.6 is 0 Å². The van der Waals surface area contributed by atoms with Crippen LogP contribution in [0.2, 0.25) is 0 Å². The predicted molar refractivity (Wildman–Crippen MR) is 97.9 cm³/mol. The molecule has 3 N–H and O–H groups in total. The molecular formula is C18H24N4O4. The van der Waals surface area contributed by atoms with Crippen molar-refractivity contribution in [2.45, 2.75) is 26.2 Å². The van der Waals surface area contributed by atoms with E-state index < -0.39 is 11.3 Å². The number of amides is 2. The molecule has 1 aliphatic heterocycles. The number of hydrogen-bond donors (Lipinski definition) is 2. The van der Waals surface area contributed by atoms with Crippen LogP contribution < -0.4 is 16.0 Å². The molecule has 140 valence electrons. The molecule has 0 atom stereocenters. The lowest BCUT2D eigenvalue weighted by atomic mass is 9.67. The lowest BCUT2D eigenvalue weighted by Gasteiger charge is -2.37. The summed E-state index contributed by atoms with van der Waals surface area (Å²) in [6.07, 6.45) is 1.86. The van der Waals surface area contributed by atoms with Crippen LogP contribution in [0.25, 0.3) is 0 Å². The van der Waals surface area contributed by atoms with E-state index in [-0.39, 0.29) is 5.91 Å². The van der Waals surface area contributed by atoms with Crippen molar-refractivity contribution in [3.05, 3.63) is 23.8 Å². The fraction of sp³-hybridized carbons (Fsp3) is 0.500. The van der Waals surface area contributed by atoms with Crippen molar-refractivity contribution >= 4 is 29.0 Å². The molecule has 0 unspecified atom stereocenters. The third kappa shape index (κ3) is 3.24. The Morgan fingerprint density at radius 1 is 1.38 bits per heavy atom. The zero-order valence-corrected chi connectivity index (χ0v) is 15.1. The smallest absolute Gasteiger partial charge is 0.240 e. The Kier molecular flexibility index (Phi) is 5.13. The van der Waals surface area contributed by atoms with Crippen LogP contribution in [0, 0.1) is 12.3 Å². The van der Waals surface area contributed by atoms with E-state index in [2.05, 4.69) is 10.5 Å². The minimum atomic E-state index is -1.06. The van der Waals surface area contributed by atoms with Crippen LogP contribution in [0.15, 0.2) is 23.4 Å². The average molecular weight is 360 g/mol. The van der Waals surface area contributed by atoms with Gasteiger partial charge in [-0.05, 0) is 43.5 Å². The van der Waals surface area contributed by atoms with Crippen LogP contribution in [-0.2, 0) is 19.2 Å². The number of oxime groups is 1. The van der Waals surface area contributed by atoms with Crippen molar-refractivity contribution in [3.8, 4) is 0 Å². The van der Waals surface area contributed by atoms with Gasteiger partial charge >= 0.3 is 0 Å². The van der Waals surface area contributed by atoms with Crippen LogP contribution in [0.1, 0.15) is 24.8 Å². The third-order valence-corrected chi connectivity index (χ3v) is 5.06. The number of rotatable bonds is 5. The largest absolute Gasteiger partial charge is 0.398 e. The van der Waals surface area contributed by atoms with Gasteiger partial charge in [-0.2, -0.15) is 0 Å². The molecule has 8 nitrogen and oxygen atoms in total. The van der Waals surface area contributed by atoms with Crippen molar-refractivity contribution in [1.82, 2.24) is 0 Å². The van der Waals surface area contributed by atoms with Gasteiger partial charge in [0.2, 0.25) is 11.8 Å². The summed E-state index contributed by atoms with van der Waals surface area (Å²) in [4.78, 5) is 31.1. The number of hydrogen-bond acceptors (Lipinski definition) is 5. The van der Waals surface area contributed by atoms with E-state index >= 15 is 0 Å². The maximum atomic E-state index is 12.5. The van der Waals surface area contributed by atoms with Crippen LogP contribution in [-0.4, -0.2) is 44.5 Å². The number of carbonyl (C=O) groups excluding carboxylic acids is 2. The van der Waals surface area contributed by atoms with E-state index in [1.165, 1.54) is 7.11 Å². The average Bonchev–Trinajstić information content (AvgIpc) is 2.55. The summed E-state index contributed by atoms with van der Waals surface area (Å²) in [6, 6.07) is 5.60. The second-order valence-corrected chi connectivity index (χ2v) is 6.65. The molecule has 3 rings (SSSR count). The van der Waals surface area contributed by atoms with E-state index in [0.29, 0.717) is 44.1 Å². The van der Waals surface area contributed by atoms with Crippen molar-refractivity contribution < 1.29 is 19.2 Å². The Labute approximate surface area is 152 Å². The van der Waals surface area contributed by atoms with Gasteiger partial charge in [-0.15, -0.1) is 0 Å². The standard InChI is InChI=1S/C18H24N4O4/c1-12-10-13(20-17(24)18(16(19)23)6-3-7-18)4-5-14(12)22-8-9-26-11-15(22)21-25-2/h4-5,10H,3,6-9,11H2,1-2H3,(H2,19,23)(H,20,24). The number of carbonyl (C=O) groups is 2. The molecule has 26 heavy (non-hydrogen) atoms. The maximum absolute atomic E-state index is 12.5. The van der Waals surface area contributed by atoms with Gasteiger partial charge in [0, 0.05) is 17.9 Å². The first-order chi connectivity index (χ1) is 12.5. The summed E-state index contributed by atoms with van der Waals surface area (Å²) < 4.78 is 5.43. The fourth-order valence-corrected chi connectivity index (χ4v) is 3.37. The highest BCUT2D eigenvalue weighted by atomic mass is 16.6. The molecule has 1 saturated heterocycles. The van der Waals surface area contributed by atoms with Crippen LogP contribution in [0.5, 0.6) is 0 Å². The summed E-state index contributed by atoms with van der Waals surface area (Å²) in [5, 5.41) is 6.86. The van der Waals surface area contributed by atoms with Crippen molar-refractivity contribution in [1.29, 1.82) is 0 Å². The molecule has 2 amide bonds. The molecular weight excluding hydrogens is 336 g/mol. The van der Waals surface area contributed by atoms with Gasteiger partial charge in [-0.1, -0.05) is 11.6 Å². The van der Waals surface area contributed by atoms with Gasteiger partial charge in [0.05, 0.1) is 6.61 Å². The molecule has 0 aromatic heterocycles. The number of morpholine rings is 1. The molecule has 0 bridgehead atoms. The first-order valence-corrected chi connectivity index (χ1v) is 8.65. The summed E-state index contributed by atoms with van der Waals surface area (Å²) in [6.45, 7) is 3.60. The van der Waals surface area contributed by atoms with Gasteiger partial charge in [-0.3, -0.25) is 9.59 Å². The van der Waals surface area contributed by atoms with Crippen LogP contribution in [0.4, 0.5) is 11.4 Å². The summed E-state index contributed by atoms with van der Waals surface area (Å²) in [5.41, 5.74) is 6.96. The summed E-state index contributed by atoms with van der Waals surface area (Å²) >= 11 is 0. The highest BCUT2D eigenvalue weighted by Crippen LogP contribution is 2.41. The second-order valence-electron chi connectivity index (χ2n) is 6.65. The first kappa shape index (κ1) is 18.2. The first-order valence-electron chi connectivity index (χ1n) is 8.65. The van der Waals surface area contributed by atoms with Crippen molar-refractivity contribution in [3.63, 3.8) is 0 Å². The number of primary amides is 1. The van der Waals surface area contributed by atoms with E-state index in [1.54, 1.807) is 0 Å². The van der Waals surface area contributed by atoms with E-state index in [9.17, 15) is 9.59 Å². The van der Waals surface area contributed by atoms with Crippen molar-refractivity contribution in [2.75, 3.05) is 37.1 Å². The van der Waals surface area contributed by atoms with Gasteiger partial charge < -0.3 is 25.5 Å². The lowest BCUT2D eigenvalue weighted by Crippen LogP contribution is -2.51. The molecule has 2 aliphatic rings. The number of nitrogens with zero attached hydrogens (tertiary/aromatic N) is 2. The molecule has 0 spiro atoms. The molecule has 1 aliphatic carbocycles. The molecule has 1 saturated carbocycles. The molecule has 1 heterocycles. The van der Waals surface area contributed by atoms with Gasteiger partial charge in [0.1, 0.15) is 19.1 Å². The number of benzene rings is 1. The molecule has 2 fully saturated rings. The number of ether oxygens (including phenoxy) is 1. The maximum Gasteiger partial charge on any atom is 0.240 e. The number of nitrogens with one attached hydrogen (secondary N) is 1. The van der Waals surface area contributed by atoms with Crippen LogP contribution in [0.3, 0.4) is 0 Å². The zero-order chi connectivity index (χ0) is 18.7. The molecule has 1 aromatic rings. The zero-order valence-electron chi connectivity index (χ0n) is 15.1. The third-order valence-electron chi connectivity index (χ3n) is 5.06. The van der Waals surface area contributed by atoms with Gasteiger partial charge in [-0.25, -0.2) is 0 Å². The summed E-state index contributed by atoms with van der Waals surface area (Å²) in [7, 11) is 1.50.